The van der Waals surface area contributed by atoms with Crippen molar-refractivity contribution in [1.29, 1.82) is 0 Å². The van der Waals surface area contributed by atoms with Gasteiger partial charge in [-0.15, -0.1) is 0 Å². The molecular formula is C21H18O4. The van der Waals surface area contributed by atoms with E-state index in [1.165, 1.54) is 0 Å². The number of carbonyl (C=O) groups is 1. The molecule has 0 heterocycles. The molecule has 3 rings (SSSR count). The van der Waals surface area contributed by atoms with E-state index in [1.54, 1.807) is 18.2 Å². The van der Waals surface area contributed by atoms with Gasteiger partial charge < -0.3 is 14.6 Å². The predicted molar refractivity (Wildman–Crippen MR) is 94.9 cm³/mol. The Labute approximate surface area is 146 Å². The molecule has 0 bridgehead atoms. The highest BCUT2D eigenvalue weighted by Gasteiger charge is 2.04. The zero-order valence-electron chi connectivity index (χ0n) is 13.6. The molecule has 0 spiro atoms. The summed E-state index contributed by atoms with van der Waals surface area (Å²) in [6.45, 7) is 0.828. The molecule has 0 fully saturated rings. The first-order valence-corrected chi connectivity index (χ1v) is 7.92. The van der Waals surface area contributed by atoms with Gasteiger partial charge in [0.2, 0.25) is 0 Å². The minimum atomic E-state index is -0.943. The minimum absolute atomic E-state index is 0.255. The zero-order valence-corrected chi connectivity index (χ0v) is 13.6. The van der Waals surface area contributed by atoms with Crippen LogP contribution < -0.4 is 9.47 Å². The molecular weight excluding hydrogens is 316 g/mol. The SMILES string of the molecule is O=C(O)c1cccc(COc2ccc(OCc3ccccc3)cc2)c1. The summed E-state index contributed by atoms with van der Waals surface area (Å²) in [5.74, 6) is 0.527. The summed E-state index contributed by atoms with van der Waals surface area (Å²) >= 11 is 0. The quantitative estimate of drug-likeness (QED) is 0.689. The number of carboxylic acids is 1. The first-order valence-electron chi connectivity index (χ1n) is 7.92. The number of rotatable bonds is 7. The lowest BCUT2D eigenvalue weighted by atomic mass is 10.1. The van der Waals surface area contributed by atoms with Gasteiger partial charge in [0.15, 0.2) is 0 Å². The summed E-state index contributed by atoms with van der Waals surface area (Å²) in [5, 5.41) is 9.00. The second-order valence-electron chi connectivity index (χ2n) is 5.54. The normalized spacial score (nSPS) is 10.2. The first-order chi connectivity index (χ1) is 12.2. The lowest BCUT2D eigenvalue weighted by Crippen LogP contribution is -2.00. The Morgan fingerprint density at radius 1 is 0.720 bits per heavy atom. The van der Waals surface area contributed by atoms with Gasteiger partial charge in [-0.05, 0) is 47.5 Å². The van der Waals surface area contributed by atoms with Crippen LogP contribution in [0.4, 0.5) is 0 Å². The summed E-state index contributed by atoms with van der Waals surface area (Å²) in [7, 11) is 0. The molecule has 0 radical (unpaired) electrons. The van der Waals surface area contributed by atoms with Gasteiger partial charge >= 0.3 is 5.97 Å². The monoisotopic (exact) mass is 334 g/mol. The second-order valence-corrected chi connectivity index (χ2v) is 5.54. The van der Waals surface area contributed by atoms with Crippen LogP contribution in [-0.4, -0.2) is 11.1 Å². The Hall–Kier alpha value is -3.27. The fourth-order valence-electron chi connectivity index (χ4n) is 2.33. The fraction of sp³-hybridized carbons (Fsp3) is 0.0952. The summed E-state index contributed by atoms with van der Waals surface area (Å²) < 4.78 is 11.4. The number of hydrogen-bond acceptors (Lipinski definition) is 3. The van der Waals surface area contributed by atoms with Crippen LogP contribution in [0.25, 0.3) is 0 Å². The molecule has 0 saturated carbocycles. The number of ether oxygens (including phenoxy) is 2. The number of hydrogen-bond donors (Lipinski definition) is 1. The Morgan fingerprint density at radius 2 is 1.28 bits per heavy atom. The van der Waals surface area contributed by atoms with E-state index >= 15 is 0 Å². The Balaban J connectivity index is 1.54. The van der Waals surface area contributed by atoms with Crippen molar-refractivity contribution in [3.8, 4) is 11.5 Å². The highest BCUT2D eigenvalue weighted by Crippen LogP contribution is 2.20. The zero-order chi connectivity index (χ0) is 17.5. The largest absolute Gasteiger partial charge is 0.489 e. The van der Waals surface area contributed by atoms with Crippen molar-refractivity contribution in [2.24, 2.45) is 0 Å². The van der Waals surface area contributed by atoms with Crippen LogP contribution in [-0.2, 0) is 13.2 Å². The van der Waals surface area contributed by atoms with Crippen molar-refractivity contribution in [2.75, 3.05) is 0 Å². The lowest BCUT2D eigenvalue weighted by molar-refractivity contribution is 0.0696. The Kier molecular flexibility index (Phi) is 5.32. The molecule has 0 unspecified atom stereocenters. The van der Waals surface area contributed by atoms with E-state index in [4.69, 9.17) is 14.6 Å². The van der Waals surface area contributed by atoms with E-state index in [0.717, 1.165) is 16.9 Å². The minimum Gasteiger partial charge on any atom is -0.489 e. The van der Waals surface area contributed by atoms with Gasteiger partial charge in [-0.1, -0.05) is 42.5 Å². The molecule has 4 nitrogen and oxygen atoms in total. The number of aromatic carboxylic acids is 1. The maximum absolute atomic E-state index is 11.0. The first kappa shape index (κ1) is 16.6. The van der Waals surface area contributed by atoms with Gasteiger partial charge in [0.25, 0.3) is 0 Å². The van der Waals surface area contributed by atoms with Crippen LogP contribution in [0.5, 0.6) is 11.5 Å². The average Bonchev–Trinajstić information content (AvgIpc) is 2.66. The summed E-state index contributed by atoms with van der Waals surface area (Å²) in [4.78, 5) is 11.0. The van der Waals surface area contributed by atoms with E-state index in [0.29, 0.717) is 19.0 Å². The Morgan fingerprint density at radius 3 is 1.88 bits per heavy atom. The van der Waals surface area contributed by atoms with E-state index in [9.17, 15) is 4.79 Å². The molecule has 3 aromatic rings. The van der Waals surface area contributed by atoms with Crippen molar-refractivity contribution in [2.45, 2.75) is 13.2 Å². The van der Waals surface area contributed by atoms with E-state index in [2.05, 4.69) is 0 Å². The molecule has 1 N–H and O–H groups in total. The predicted octanol–water partition coefficient (Wildman–Crippen LogP) is 4.54. The van der Waals surface area contributed by atoms with Gasteiger partial charge in [0, 0.05) is 0 Å². The van der Waals surface area contributed by atoms with Crippen molar-refractivity contribution >= 4 is 5.97 Å². The molecule has 4 heteroatoms. The molecule has 0 aliphatic rings. The summed E-state index contributed by atoms with van der Waals surface area (Å²) in [6.07, 6.45) is 0. The molecule has 0 aliphatic carbocycles. The van der Waals surface area contributed by atoms with Crippen LogP contribution in [0.15, 0.2) is 78.9 Å². The summed E-state index contributed by atoms with van der Waals surface area (Å²) in [6, 6.07) is 24.1. The van der Waals surface area contributed by atoms with Gasteiger partial charge in [0.05, 0.1) is 5.56 Å². The van der Waals surface area contributed by atoms with Crippen LogP contribution in [0.3, 0.4) is 0 Å². The standard InChI is InChI=1S/C21H18O4/c22-21(23)18-8-4-7-17(13-18)15-25-20-11-9-19(10-12-20)24-14-16-5-2-1-3-6-16/h1-13H,14-15H2,(H,22,23). The third-order valence-electron chi connectivity index (χ3n) is 3.65. The third kappa shape index (κ3) is 4.85. The van der Waals surface area contributed by atoms with Crippen molar-refractivity contribution in [3.63, 3.8) is 0 Å². The van der Waals surface area contributed by atoms with Gasteiger partial charge in [-0.3, -0.25) is 0 Å². The van der Waals surface area contributed by atoms with Gasteiger partial charge in [-0.2, -0.15) is 0 Å². The van der Waals surface area contributed by atoms with Gasteiger partial charge in [-0.25, -0.2) is 4.79 Å². The molecule has 0 aromatic heterocycles. The third-order valence-corrected chi connectivity index (χ3v) is 3.65. The molecule has 126 valence electrons. The van der Waals surface area contributed by atoms with Crippen molar-refractivity contribution in [3.05, 3.63) is 95.6 Å². The van der Waals surface area contributed by atoms with Crippen LogP contribution in [0.2, 0.25) is 0 Å². The molecule has 0 saturated heterocycles. The fourth-order valence-corrected chi connectivity index (χ4v) is 2.33. The van der Waals surface area contributed by atoms with Crippen molar-refractivity contribution < 1.29 is 19.4 Å². The smallest absolute Gasteiger partial charge is 0.335 e. The molecule has 0 aliphatic heterocycles. The van der Waals surface area contributed by atoms with E-state index in [1.807, 2.05) is 60.7 Å². The highest BCUT2D eigenvalue weighted by atomic mass is 16.5. The van der Waals surface area contributed by atoms with Crippen LogP contribution in [0, 0.1) is 0 Å². The molecule has 0 atom stereocenters. The topological polar surface area (TPSA) is 55.8 Å². The molecule has 25 heavy (non-hydrogen) atoms. The van der Waals surface area contributed by atoms with Crippen LogP contribution in [0.1, 0.15) is 21.5 Å². The number of benzene rings is 3. The van der Waals surface area contributed by atoms with E-state index in [-0.39, 0.29) is 5.56 Å². The van der Waals surface area contributed by atoms with Crippen molar-refractivity contribution in [1.82, 2.24) is 0 Å². The van der Waals surface area contributed by atoms with Crippen LogP contribution >= 0.6 is 0 Å². The number of carboxylic acid groups (broad SMARTS) is 1. The molecule has 3 aromatic carbocycles. The molecule has 0 amide bonds. The van der Waals surface area contributed by atoms with Gasteiger partial charge in [0.1, 0.15) is 24.7 Å². The maximum atomic E-state index is 11.0. The highest BCUT2D eigenvalue weighted by molar-refractivity contribution is 5.87. The lowest BCUT2D eigenvalue weighted by Gasteiger charge is -2.09. The second kappa shape index (κ2) is 8.02. The average molecular weight is 334 g/mol. The Bertz CT molecular complexity index is 826. The maximum Gasteiger partial charge on any atom is 0.335 e. The van der Waals surface area contributed by atoms with E-state index < -0.39 is 5.97 Å². The summed E-state index contributed by atoms with van der Waals surface area (Å²) in [5.41, 5.74) is 2.18.